The van der Waals surface area contributed by atoms with Gasteiger partial charge in [-0.15, -0.1) is 0 Å². The van der Waals surface area contributed by atoms with E-state index >= 15 is 0 Å². The molecule has 1 aromatic carbocycles. The zero-order chi connectivity index (χ0) is 16.7. The fraction of sp³-hybridized carbons (Fsp3) is 0.650. The van der Waals surface area contributed by atoms with Crippen LogP contribution in [0.15, 0.2) is 30.3 Å². The predicted molar refractivity (Wildman–Crippen MR) is 96.5 cm³/mol. The standard InChI is InChI=1S/C20H32N2O/c1-16-12-17(2)15-22(14-16)11-7-10-21-20(23)13-18(3)19-8-5-4-6-9-19/h4-6,8-9,16-18H,7,10-15H2,1-3H3,(H,21,23)/t16-,17-,18+/m1/s1. The van der Waals surface area contributed by atoms with Crippen LogP contribution in [-0.2, 0) is 4.79 Å². The normalized spacial score (nSPS) is 23.4. The van der Waals surface area contributed by atoms with Gasteiger partial charge in [0.05, 0.1) is 0 Å². The van der Waals surface area contributed by atoms with Gasteiger partial charge in [0.1, 0.15) is 0 Å². The monoisotopic (exact) mass is 316 g/mol. The molecule has 1 fully saturated rings. The zero-order valence-electron chi connectivity index (χ0n) is 14.9. The van der Waals surface area contributed by atoms with Crippen molar-refractivity contribution in [1.82, 2.24) is 10.2 Å². The van der Waals surface area contributed by atoms with Crippen molar-refractivity contribution in [2.24, 2.45) is 11.8 Å². The Morgan fingerprint density at radius 2 is 1.87 bits per heavy atom. The molecule has 1 aliphatic rings. The topological polar surface area (TPSA) is 32.3 Å². The van der Waals surface area contributed by atoms with Crippen molar-refractivity contribution >= 4 is 5.91 Å². The second-order valence-electron chi connectivity index (χ2n) is 7.42. The second-order valence-corrected chi connectivity index (χ2v) is 7.42. The Morgan fingerprint density at radius 1 is 1.22 bits per heavy atom. The Morgan fingerprint density at radius 3 is 2.52 bits per heavy atom. The summed E-state index contributed by atoms with van der Waals surface area (Å²) in [5, 5.41) is 3.08. The van der Waals surface area contributed by atoms with Crippen molar-refractivity contribution in [2.75, 3.05) is 26.2 Å². The lowest BCUT2D eigenvalue weighted by Gasteiger charge is -2.34. The summed E-state index contributed by atoms with van der Waals surface area (Å²) in [6, 6.07) is 10.3. The summed E-state index contributed by atoms with van der Waals surface area (Å²) < 4.78 is 0. The molecular weight excluding hydrogens is 284 g/mol. The van der Waals surface area contributed by atoms with Gasteiger partial charge in [-0.2, -0.15) is 0 Å². The van der Waals surface area contributed by atoms with Gasteiger partial charge in [0.2, 0.25) is 5.91 Å². The SMILES string of the molecule is C[C@@H]1C[C@@H](C)CN(CCCNC(=O)C[C@H](C)c2ccccc2)C1. The highest BCUT2D eigenvalue weighted by Crippen LogP contribution is 2.21. The highest BCUT2D eigenvalue weighted by molar-refractivity contribution is 5.76. The summed E-state index contributed by atoms with van der Waals surface area (Å²) in [6.45, 7) is 11.1. The second kappa shape index (κ2) is 9.07. The highest BCUT2D eigenvalue weighted by Gasteiger charge is 2.21. The maximum Gasteiger partial charge on any atom is 0.220 e. The zero-order valence-corrected chi connectivity index (χ0v) is 14.9. The van der Waals surface area contributed by atoms with Gasteiger partial charge in [-0.05, 0) is 42.7 Å². The van der Waals surface area contributed by atoms with Gasteiger partial charge in [-0.1, -0.05) is 51.1 Å². The van der Waals surface area contributed by atoms with Crippen molar-refractivity contribution in [1.29, 1.82) is 0 Å². The molecule has 2 rings (SSSR count). The minimum absolute atomic E-state index is 0.168. The number of piperidine rings is 1. The van der Waals surface area contributed by atoms with Crippen molar-refractivity contribution < 1.29 is 4.79 Å². The highest BCUT2D eigenvalue weighted by atomic mass is 16.1. The third kappa shape index (κ3) is 6.34. The van der Waals surface area contributed by atoms with Crippen molar-refractivity contribution in [3.8, 4) is 0 Å². The third-order valence-electron chi connectivity index (χ3n) is 4.78. The third-order valence-corrected chi connectivity index (χ3v) is 4.78. The summed E-state index contributed by atoms with van der Waals surface area (Å²) in [5.74, 6) is 2.06. The van der Waals surface area contributed by atoms with Crippen LogP contribution >= 0.6 is 0 Å². The number of likely N-dealkylation sites (tertiary alicyclic amines) is 1. The molecule has 1 amide bonds. The molecule has 128 valence electrons. The minimum Gasteiger partial charge on any atom is -0.356 e. The molecule has 1 saturated heterocycles. The fourth-order valence-electron chi connectivity index (χ4n) is 3.75. The molecule has 0 spiro atoms. The van der Waals surface area contributed by atoms with E-state index in [0.717, 1.165) is 31.3 Å². The lowest BCUT2D eigenvalue weighted by Crippen LogP contribution is -2.40. The van der Waals surface area contributed by atoms with E-state index in [1.807, 2.05) is 18.2 Å². The average Bonchev–Trinajstić information content (AvgIpc) is 2.51. The molecule has 0 saturated carbocycles. The molecule has 0 aromatic heterocycles. The Balaban J connectivity index is 1.61. The Hall–Kier alpha value is -1.35. The first-order valence-corrected chi connectivity index (χ1v) is 9.08. The van der Waals surface area contributed by atoms with Gasteiger partial charge < -0.3 is 10.2 Å². The van der Waals surface area contributed by atoms with E-state index in [4.69, 9.17) is 0 Å². The maximum atomic E-state index is 12.1. The van der Waals surface area contributed by atoms with E-state index in [1.54, 1.807) is 0 Å². The van der Waals surface area contributed by atoms with Gasteiger partial charge in [0, 0.05) is 26.1 Å². The van der Waals surface area contributed by atoms with E-state index in [9.17, 15) is 4.79 Å². The molecule has 1 aliphatic heterocycles. The van der Waals surface area contributed by atoms with Crippen LogP contribution in [0.2, 0.25) is 0 Å². The first-order chi connectivity index (χ1) is 11.0. The van der Waals surface area contributed by atoms with Crippen molar-refractivity contribution in [3.05, 3.63) is 35.9 Å². The summed E-state index contributed by atoms with van der Waals surface area (Å²) in [7, 11) is 0. The fourth-order valence-corrected chi connectivity index (χ4v) is 3.75. The van der Waals surface area contributed by atoms with E-state index < -0.39 is 0 Å². The van der Waals surface area contributed by atoms with E-state index in [0.29, 0.717) is 6.42 Å². The van der Waals surface area contributed by atoms with E-state index in [2.05, 4.69) is 43.1 Å². The Labute approximate surface area is 141 Å². The molecule has 3 nitrogen and oxygen atoms in total. The summed E-state index contributed by atoms with van der Waals surface area (Å²) >= 11 is 0. The van der Waals surface area contributed by atoms with Crippen molar-refractivity contribution in [3.63, 3.8) is 0 Å². The average molecular weight is 316 g/mol. The summed E-state index contributed by atoms with van der Waals surface area (Å²) in [5.41, 5.74) is 1.24. The summed E-state index contributed by atoms with van der Waals surface area (Å²) in [6.07, 6.45) is 2.97. The number of rotatable bonds is 7. The first kappa shape index (κ1) is 18.0. The number of nitrogens with zero attached hydrogens (tertiary/aromatic N) is 1. The molecule has 0 bridgehead atoms. The quantitative estimate of drug-likeness (QED) is 0.779. The van der Waals surface area contributed by atoms with Gasteiger partial charge >= 0.3 is 0 Å². The van der Waals surface area contributed by atoms with Crippen LogP contribution in [-0.4, -0.2) is 37.0 Å². The van der Waals surface area contributed by atoms with Crippen molar-refractivity contribution in [2.45, 2.75) is 46.0 Å². The van der Waals surface area contributed by atoms with E-state index in [-0.39, 0.29) is 11.8 Å². The van der Waals surface area contributed by atoms with Gasteiger partial charge in [0.25, 0.3) is 0 Å². The van der Waals surface area contributed by atoms with E-state index in [1.165, 1.54) is 25.1 Å². The van der Waals surface area contributed by atoms with Crippen LogP contribution in [0.4, 0.5) is 0 Å². The molecule has 3 heteroatoms. The Kier molecular flexibility index (Phi) is 7.10. The molecule has 1 aromatic rings. The molecule has 1 N–H and O–H groups in total. The molecule has 0 aliphatic carbocycles. The maximum absolute atomic E-state index is 12.1. The van der Waals surface area contributed by atoms with Crippen LogP contribution in [0.3, 0.4) is 0 Å². The molecule has 1 heterocycles. The number of carbonyl (C=O) groups excluding carboxylic acids is 1. The molecule has 23 heavy (non-hydrogen) atoms. The number of nitrogens with one attached hydrogen (secondary N) is 1. The van der Waals surface area contributed by atoms with Gasteiger partial charge in [-0.3, -0.25) is 4.79 Å². The smallest absolute Gasteiger partial charge is 0.220 e. The van der Waals surface area contributed by atoms with Gasteiger partial charge in [0.15, 0.2) is 0 Å². The number of hydrogen-bond acceptors (Lipinski definition) is 2. The molecule has 0 radical (unpaired) electrons. The summed E-state index contributed by atoms with van der Waals surface area (Å²) in [4.78, 5) is 14.6. The number of amides is 1. The number of carbonyl (C=O) groups is 1. The number of benzene rings is 1. The lowest BCUT2D eigenvalue weighted by atomic mass is 9.92. The van der Waals surface area contributed by atoms with Crippen LogP contribution < -0.4 is 5.32 Å². The van der Waals surface area contributed by atoms with Crippen LogP contribution in [0.5, 0.6) is 0 Å². The largest absolute Gasteiger partial charge is 0.356 e. The van der Waals surface area contributed by atoms with Crippen LogP contribution in [0, 0.1) is 11.8 Å². The van der Waals surface area contributed by atoms with Crippen LogP contribution in [0.1, 0.15) is 51.5 Å². The molecule has 3 atom stereocenters. The number of hydrogen-bond donors (Lipinski definition) is 1. The minimum atomic E-state index is 0.168. The first-order valence-electron chi connectivity index (χ1n) is 9.08. The van der Waals surface area contributed by atoms with Crippen LogP contribution in [0.25, 0.3) is 0 Å². The molecule has 0 unspecified atom stereocenters. The predicted octanol–water partition coefficient (Wildman–Crippen LogP) is 3.66. The molecular formula is C20H32N2O. The Bertz CT molecular complexity index is 464. The lowest BCUT2D eigenvalue weighted by molar-refractivity contribution is -0.121. The van der Waals surface area contributed by atoms with Gasteiger partial charge in [-0.25, -0.2) is 0 Å².